The van der Waals surface area contributed by atoms with E-state index < -0.39 is 9.84 Å². The molecule has 0 amide bonds. The van der Waals surface area contributed by atoms with Crippen LogP contribution in [-0.4, -0.2) is 39.3 Å². The van der Waals surface area contributed by atoms with E-state index in [0.717, 1.165) is 57.2 Å². The number of ether oxygens (including phenoxy) is 1. The molecule has 0 N–H and O–H groups in total. The summed E-state index contributed by atoms with van der Waals surface area (Å²) in [5, 5.41) is 0. The van der Waals surface area contributed by atoms with Crippen LogP contribution in [0.2, 0.25) is 0 Å². The molecule has 4 nitrogen and oxygen atoms in total. The Kier molecular flexibility index (Phi) is 8.68. The Balaban J connectivity index is 1.61. The van der Waals surface area contributed by atoms with Crippen molar-refractivity contribution in [2.75, 3.05) is 26.0 Å². The Morgan fingerprint density at radius 3 is 2.41 bits per heavy atom. The summed E-state index contributed by atoms with van der Waals surface area (Å²) in [5.74, 6) is 1.65. The number of sulfone groups is 1. The van der Waals surface area contributed by atoms with Gasteiger partial charge in [0.15, 0.2) is 15.7 Å². The van der Waals surface area contributed by atoms with Gasteiger partial charge >= 0.3 is 0 Å². The van der Waals surface area contributed by atoms with Gasteiger partial charge < -0.3 is 9.64 Å². The van der Waals surface area contributed by atoms with Gasteiger partial charge in [-0.05, 0) is 62.3 Å². The average molecular weight is 394 g/mol. The molecule has 0 spiro atoms. The molecule has 0 aliphatic carbocycles. The van der Waals surface area contributed by atoms with E-state index in [0.29, 0.717) is 4.90 Å². The topological polar surface area (TPSA) is 46.6 Å². The van der Waals surface area contributed by atoms with Crippen molar-refractivity contribution in [2.24, 2.45) is 5.92 Å². The summed E-state index contributed by atoms with van der Waals surface area (Å²) in [4.78, 5) is 2.69. The number of likely N-dealkylation sites (tertiary alicyclic amines) is 1. The first kappa shape index (κ1) is 21.8. The standard InChI is InChI=1S/C22H35NO3S/c1-4-5-18-26-19(2)23-16-14-21(15-17-23)9-7-6-8-20-10-12-22(13-11-20)27(3,24)25/h10-13,21H,2,4-9,14-18H2,1,3H3. The van der Waals surface area contributed by atoms with Gasteiger partial charge in [0.2, 0.25) is 0 Å². The number of aryl methyl sites for hydroxylation is 1. The highest BCUT2D eigenvalue weighted by molar-refractivity contribution is 7.90. The molecule has 0 radical (unpaired) electrons. The molecule has 0 bridgehead atoms. The van der Waals surface area contributed by atoms with E-state index in [2.05, 4.69) is 18.4 Å². The van der Waals surface area contributed by atoms with Crippen molar-refractivity contribution < 1.29 is 13.2 Å². The van der Waals surface area contributed by atoms with Gasteiger partial charge in [-0.3, -0.25) is 0 Å². The van der Waals surface area contributed by atoms with Gasteiger partial charge in [0, 0.05) is 19.3 Å². The maximum atomic E-state index is 11.5. The molecule has 1 heterocycles. The quantitative estimate of drug-likeness (QED) is 0.400. The van der Waals surface area contributed by atoms with E-state index in [4.69, 9.17) is 4.74 Å². The highest BCUT2D eigenvalue weighted by Crippen LogP contribution is 2.25. The molecule has 5 heteroatoms. The number of unbranched alkanes of at least 4 members (excludes halogenated alkanes) is 2. The minimum absolute atomic E-state index is 0.401. The minimum atomic E-state index is -3.10. The smallest absolute Gasteiger partial charge is 0.181 e. The zero-order valence-corrected chi connectivity index (χ0v) is 17.8. The van der Waals surface area contributed by atoms with Crippen LogP contribution in [0, 0.1) is 5.92 Å². The van der Waals surface area contributed by atoms with Crippen LogP contribution in [-0.2, 0) is 21.0 Å². The second kappa shape index (κ2) is 10.7. The first-order valence-corrected chi connectivity index (χ1v) is 12.1. The van der Waals surface area contributed by atoms with E-state index in [9.17, 15) is 8.42 Å². The number of piperidine rings is 1. The second-order valence-electron chi connectivity index (χ2n) is 7.69. The van der Waals surface area contributed by atoms with Gasteiger partial charge in [-0.1, -0.05) is 38.3 Å². The Bertz CT molecular complexity index is 674. The fraction of sp³-hybridized carbons (Fsp3) is 0.636. The third-order valence-electron chi connectivity index (χ3n) is 5.41. The molecule has 0 unspecified atom stereocenters. The van der Waals surface area contributed by atoms with Gasteiger partial charge in [0.1, 0.15) is 0 Å². The van der Waals surface area contributed by atoms with Crippen molar-refractivity contribution in [1.29, 1.82) is 0 Å². The summed E-state index contributed by atoms with van der Waals surface area (Å²) in [6, 6.07) is 7.32. The molecule has 1 aliphatic heterocycles. The zero-order valence-electron chi connectivity index (χ0n) is 17.0. The van der Waals surface area contributed by atoms with Crippen LogP contribution in [0.5, 0.6) is 0 Å². The Morgan fingerprint density at radius 1 is 1.15 bits per heavy atom. The molecule has 1 fully saturated rings. The summed E-state index contributed by atoms with van der Waals surface area (Å²) in [6.45, 7) is 9.13. The lowest BCUT2D eigenvalue weighted by Crippen LogP contribution is -2.33. The van der Waals surface area contributed by atoms with Crippen molar-refractivity contribution in [3.05, 3.63) is 42.3 Å². The summed E-state index contributed by atoms with van der Waals surface area (Å²) in [6.07, 6.45) is 10.6. The zero-order chi connectivity index (χ0) is 19.7. The van der Waals surface area contributed by atoms with Crippen LogP contribution in [0.15, 0.2) is 41.6 Å². The highest BCUT2D eigenvalue weighted by atomic mass is 32.2. The molecule has 0 saturated carbocycles. The van der Waals surface area contributed by atoms with E-state index >= 15 is 0 Å². The van der Waals surface area contributed by atoms with E-state index in [1.807, 2.05) is 12.1 Å². The molecule has 27 heavy (non-hydrogen) atoms. The van der Waals surface area contributed by atoms with Crippen LogP contribution in [0.4, 0.5) is 0 Å². The second-order valence-corrected chi connectivity index (χ2v) is 9.70. The van der Waals surface area contributed by atoms with Gasteiger partial charge in [-0.2, -0.15) is 0 Å². The largest absolute Gasteiger partial charge is 0.479 e. The number of hydrogen-bond acceptors (Lipinski definition) is 4. The molecule has 1 aliphatic rings. The van der Waals surface area contributed by atoms with Gasteiger partial charge in [-0.15, -0.1) is 0 Å². The first-order valence-electron chi connectivity index (χ1n) is 10.3. The van der Waals surface area contributed by atoms with Gasteiger partial charge in [0.25, 0.3) is 0 Å². The number of hydrogen-bond donors (Lipinski definition) is 0. The fourth-order valence-corrected chi connectivity index (χ4v) is 4.19. The first-order chi connectivity index (χ1) is 12.9. The van der Waals surface area contributed by atoms with Crippen molar-refractivity contribution in [2.45, 2.75) is 63.2 Å². The maximum Gasteiger partial charge on any atom is 0.181 e. The average Bonchev–Trinajstić information content (AvgIpc) is 2.65. The van der Waals surface area contributed by atoms with Crippen molar-refractivity contribution in [3.8, 4) is 0 Å². The molecule has 1 saturated heterocycles. The van der Waals surface area contributed by atoms with E-state index in [1.54, 1.807) is 12.1 Å². The number of nitrogens with zero attached hydrogens (tertiary/aromatic N) is 1. The lowest BCUT2D eigenvalue weighted by molar-refractivity contribution is 0.0856. The number of benzene rings is 1. The van der Waals surface area contributed by atoms with Crippen LogP contribution in [0.1, 0.15) is 57.4 Å². The highest BCUT2D eigenvalue weighted by Gasteiger charge is 2.20. The predicted molar refractivity (Wildman–Crippen MR) is 111 cm³/mol. The summed E-state index contributed by atoms with van der Waals surface area (Å²) < 4.78 is 28.7. The van der Waals surface area contributed by atoms with E-state index in [1.165, 1.54) is 37.5 Å². The molecule has 1 aromatic rings. The predicted octanol–water partition coefficient (Wildman–Crippen LogP) is 4.80. The normalized spacial score (nSPS) is 15.7. The summed E-state index contributed by atoms with van der Waals surface area (Å²) >= 11 is 0. The van der Waals surface area contributed by atoms with Gasteiger partial charge in [0.05, 0.1) is 11.5 Å². The van der Waals surface area contributed by atoms with Crippen molar-refractivity contribution in [1.82, 2.24) is 4.90 Å². The van der Waals surface area contributed by atoms with Crippen LogP contribution in [0.3, 0.4) is 0 Å². The lowest BCUT2D eigenvalue weighted by Gasteiger charge is -2.34. The molecule has 0 atom stereocenters. The van der Waals surface area contributed by atoms with Gasteiger partial charge in [-0.25, -0.2) is 8.42 Å². The van der Waals surface area contributed by atoms with Crippen molar-refractivity contribution in [3.63, 3.8) is 0 Å². The lowest BCUT2D eigenvalue weighted by atomic mass is 9.91. The van der Waals surface area contributed by atoms with Crippen molar-refractivity contribution >= 4 is 9.84 Å². The summed E-state index contributed by atoms with van der Waals surface area (Å²) in [5.41, 5.74) is 1.22. The summed E-state index contributed by atoms with van der Waals surface area (Å²) in [7, 11) is -3.10. The molecular weight excluding hydrogens is 358 g/mol. The SMILES string of the molecule is C=C(OCCCC)N1CCC(CCCCc2ccc(S(C)(=O)=O)cc2)CC1. The monoisotopic (exact) mass is 393 g/mol. The molecular formula is C22H35NO3S. The fourth-order valence-electron chi connectivity index (χ4n) is 3.56. The number of rotatable bonds is 11. The maximum absolute atomic E-state index is 11.5. The molecule has 152 valence electrons. The Labute approximate surface area is 165 Å². The third kappa shape index (κ3) is 7.57. The molecule has 2 rings (SSSR count). The molecule has 1 aromatic carbocycles. The Morgan fingerprint density at radius 2 is 1.81 bits per heavy atom. The van der Waals surface area contributed by atoms with Crippen LogP contribution < -0.4 is 0 Å². The van der Waals surface area contributed by atoms with Crippen LogP contribution >= 0.6 is 0 Å². The van der Waals surface area contributed by atoms with Crippen LogP contribution in [0.25, 0.3) is 0 Å². The van der Waals surface area contributed by atoms with E-state index in [-0.39, 0.29) is 0 Å². The minimum Gasteiger partial charge on any atom is -0.479 e. The Hall–Kier alpha value is -1.49. The third-order valence-corrected chi connectivity index (χ3v) is 6.54. The molecule has 0 aromatic heterocycles.